The van der Waals surface area contributed by atoms with Crippen LogP contribution < -0.4 is 5.32 Å². The minimum atomic E-state index is -3.49. The van der Waals surface area contributed by atoms with Gasteiger partial charge in [0.2, 0.25) is 0 Å². The molecule has 0 aliphatic heterocycles. The Labute approximate surface area is 141 Å². The number of rotatable bonds is 7. The number of hydrogen-bond acceptors (Lipinski definition) is 5. The second kappa shape index (κ2) is 7.44. The number of nitrogens with one attached hydrogen (secondary N) is 1. The molecule has 1 N–H and O–H groups in total. The molecule has 0 spiro atoms. The Hall–Kier alpha value is -2.41. The van der Waals surface area contributed by atoms with Gasteiger partial charge >= 0.3 is 0 Å². The highest BCUT2D eigenvalue weighted by atomic mass is 32.2. The molecule has 2 aromatic rings. The summed E-state index contributed by atoms with van der Waals surface area (Å²) >= 11 is 0. The van der Waals surface area contributed by atoms with Crippen LogP contribution in [0.15, 0.2) is 53.4 Å². The van der Waals surface area contributed by atoms with Crippen molar-refractivity contribution in [2.75, 3.05) is 18.1 Å². The fraction of sp³-hybridized carbons (Fsp3) is 0.294. The first kappa shape index (κ1) is 17.9. The Kier molecular flexibility index (Phi) is 5.56. The molecule has 0 aliphatic carbocycles. The van der Waals surface area contributed by atoms with Crippen molar-refractivity contribution in [1.82, 2.24) is 0 Å². The van der Waals surface area contributed by atoms with Gasteiger partial charge in [0, 0.05) is 24.8 Å². The first-order valence-corrected chi connectivity index (χ1v) is 9.49. The summed E-state index contributed by atoms with van der Waals surface area (Å²) in [6.45, 7) is 2.58. The van der Waals surface area contributed by atoms with Crippen molar-refractivity contribution >= 4 is 21.2 Å². The van der Waals surface area contributed by atoms with Gasteiger partial charge in [-0.1, -0.05) is 37.3 Å². The average molecular weight is 348 g/mol. The van der Waals surface area contributed by atoms with E-state index in [4.69, 9.17) is 0 Å². The maximum atomic E-state index is 11.6. The summed E-state index contributed by atoms with van der Waals surface area (Å²) < 4.78 is 23.1. The van der Waals surface area contributed by atoms with Crippen LogP contribution in [0, 0.1) is 10.1 Å². The number of nitro benzene ring substituents is 1. The van der Waals surface area contributed by atoms with Crippen LogP contribution in [0.4, 0.5) is 11.4 Å². The Morgan fingerprint density at radius 2 is 1.83 bits per heavy atom. The molecule has 0 radical (unpaired) electrons. The van der Waals surface area contributed by atoms with Crippen molar-refractivity contribution in [2.45, 2.75) is 24.2 Å². The molecule has 0 saturated carbocycles. The normalized spacial score (nSPS) is 12.6. The zero-order chi connectivity index (χ0) is 17.7. The quantitative estimate of drug-likeness (QED) is 0.610. The third-order valence-corrected chi connectivity index (χ3v) is 5.01. The first-order chi connectivity index (χ1) is 11.3. The number of benzene rings is 2. The first-order valence-electron chi connectivity index (χ1n) is 7.60. The fourth-order valence-corrected chi connectivity index (χ4v) is 3.14. The maximum Gasteiger partial charge on any atom is 0.293 e. The Morgan fingerprint density at radius 3 is 2.38 bits per heavy atom. The van der Waals surface area contributed by atoms with E-state index in [1.807, 2.05) is 30.3 Å². The summed E-state index contributed by atoms with van der Waals surface area (Å²) in [7, 11) is -3.49. The number of nitrogens with zero attached hydrogens (tertiary/aromatic N) is 1. The highest BCUT2D eigenvalue weighted by Crippen LogP contribution is 2.29. The average Bonchev–Trinajstić information content (AvgIpc) is 2.55. The number of nitro groups is 1. The SMILES string of the molecule is CC[C@@H](CNc1ccc(S(C)(=O)=O)cc1[N+](=O)[O-])c1ccccc1. The molecule has 0 heterocycles. The summed E-state index contributed by atoms with van der Waals surface area (Å²) in [6, 6.07) is 13.8. The van der Waals surface area contributed by atoms with Crippen LogP contribution in [0.25, 0.3) is 0 Å². The van der Waals surface area contributed by atoms with E-state index >= 15 is 0 Å². The second-order valence-corrected chi connectivity index (χ2v) is 7.62. The molecule has 0 unspecified atom stereocenters. The third-order valence-electron chi connectivity index (χ3n) is 3.90. The van der Waals surface area contributed by atoms with Crippen LogP contribution in [0.1, 0.15) is 24.8 Å². The van der Waals surface area contributed by atoms with E-state index in [9.17, 15) is 18.5 Å². The lowest BCUT2D eigenvalue weighted by Gasteiger charge is -2.17. The van der Waals surface area contributed by atoms with Crippen LogP contribution in [0.3, 0.4) is 0 Å². The largest absolute Gasteiger partial charge is 0.379 e. The number of sulfone groups is 1. The van der Waals surface area contributed by atoms with Gasteiger partial charge in [-0.3, -0.25) is 10.1 Å². The van der Waals surface area contributed by atoms with E-state index in [1.165, 1.54) is 12.1 Å². The molecule has 0 aliphatic rings. The smallest absolute Gasteiger partial charge is 0.293 e. The molecule has 6 nitrogen and oxygen atoms in total. The van der Waals surface area contributed by atoms with Crippen molar-refractivity contribution in [3.8, 4) is 0 Å². The van der Waals surface area contributed by atoms with Gasteiger partial charge in [-0.2, -0.15) is 0 Å². The Morgan fingerprint density at radius 1 is 1.17 bits per heavy atom. The van der Waals surface area contributed by atoms with Gasteiger partial charge in [-0.05, 0) is 24.1 Å². The minimum absolute atomic E-state index is 0.0603. The minimum Gasteiger partial charge on any atom is -0.379 e. The number of hydrogen-bond donors (Lipinski definition) is 1. The summed E-state index contributed by atoms with van der Waals surface area (Å²) in [5.41, 5.74) is 1.24. The van der Waals surface area contributed by atoms with E-state index in [2.05, 4.69) is 12.2 Å². The lowest BCUT2D eigenvalue weighted by molar-refractivity contribution is -0.384. The molecule has 7 heteroatoms. The van der Waals surface area contributed by atoms with Crippen LogP contribution in [-0.4, -0.2) is 26.1 Å². The molecule has 24 heavy (non-hydrogen) atoms. The molecule has 2 rings (SSSR count). The van der Waals surface area contributed by atoms with E-state index < -0.39 is 14.8 Å². The van der Waals surface area contributed by atoms with E-state index in [0.717, 1.165) is 24.3 Å². The van der Waals surface area contributed by atoms with Crippen LogP contribution >= 0.6 is 0 Å². The monoisotopic (exact) mass is 348 g/mol. The van der Waals surface area contributed by atoms with Gasteiger partial charge < -0.3 is 5.32 Å². The van der Waals surface area contributed by atoms with Gasteiger partial charge in [0.15, 0.2) is 9.84 Å². The third kappa shape index (κ3) is 4.32. The van der Waals surface area contributed by atoms with Crippen LogP contribution in [0.5, 0.6) is 0 Å². The van der Waals surface area contributed by atoms with Crippen molar-refractivity contribution in [3.63, 3.8) is 0 Å². The van der Waals surface area contributed by atoms with Crippen molar-refractivity contribution in [3.05, 3.63) is 64.2 Å². The molecule has 0 amide bonds. The highest BCUT2D eigenvalue weighted by molar-refractivity contribution is 7.90. The molecule has 1 atom stereocenters. The van der Waals surface area contributed by atoms with Gasteiger partial charge in [0.1, 0.15) is 5.69 Å². The number of anilines is 1. The molecular weight excluding hydrogens is 328 g/mol. The topological polar surface area (TPSA) is 89.3 Å². The van der Waals surface area contributed by atoms with Crippen molar-refractivity contribution in [2.24, 2.45) is 0 Å². The molecule has 0 bridgehead atoms. The maximum absolute atomic E-state index is 11.6. The van der Waals surface area contributed by atoms with Crippen LogP contribution in [0.2, 0.25) is 0 Å². The summed E-state index contributed by atoms with van der Waals surface area (Å²) in [5.74, 6) is 0.209. The van der Waals surface area contributed by atoms with Gasteiger partial charge in [0.25, 0.3) is 5.69 Å². The molecule has 0 fully saturated rings. The predicted octanol–water partition coefficient (Wildman–Crippen LogP) is 3.60. The van der Waals surface area contributed by atoms with Gasteiger partial charge in [-0.25, -0.2) is 8.42 Å². The lowest BCUT2D eigenvalue weighted by Crippen LogP contribution is -2.13. The summed E-state index contributed by atoms with van der Waals surface area (Å²) in [5, 5.41) is 14.3. The van der Waals surface area contributed by atoms with E-state index in [0.29, 0.717) is 12.2 Å². The lowest BCUT2D eigenvalue weighted by atomic mass is 9.96. The van der Waals surface area contributed by atoms with Gasteiger partial charge in [0.05, 0.1) is 9.82 Å². The zero-order valence-electron chi connectivity index (χ0n) is 13.6. The standard InChI is InChI=1S/C17H20N2O4S/c1-3-13(14-7-5-4-6-8-14)12-18-16-10-9-15(24(2,22)23)11-17(16)19(20)21/h4-11,13,18H,3,12H2,1-2H3/t13-/m0/s1. The van der Waals surface area contributed by atoms with Crippen molar-refractivity contribution in [1.29, 1.82) is 0 Å². The highest BCUT2D eigenvalue weighted by Gasteiger charge is 2.19. The zero-order valence-corrected chi connectivity index (χ0v) is 14.4. The molecule has 0 saturated heterocycles. The second-order valence-electron chi connectivity index (χ2n) is 5.60. The molecule has 128 valence electrons. The van der Waals surface area contributed by atoms with Gasteiger partial charge in [-0.15, -0.1) is 0 Å². The van der Waals surface area contributed by atoms with E-state index in [1.54, 1.807) is 0 Å². The summed E-state index contributed by atoms with van der Waals surface area (Å²) in [6.07, 6.45) is 1.91. The van der Waals surface area contributed by atoms with Crippen molar-refractivity contribution < 1.29 is 13.3 Å². The molecule has 0 aromatic heterocycles. The predicted molar refractivity (Wildman–Crippen MR) is 94.2 cm³/mol. The van der Waals surface area contributed by atoms with E-state index in [-0.39, 0.29) is 16.5 Å². The summed E-state index contributed by atoms with van der Waals surface area (Å²) in [4.78, 5) is 10.6. The molecular formula is C17H20N2O4S. The fourth-order valence-electron chi connectivity index (χ4n) is 2.50. The Balaban J connectivity index is 2.24. The Bertz CT molecular complexity index is 820. The molecule has 2 aromatic carbocycles. The van der Waals surface area contributed by atoms with Crippen LogP contribution in [-0.2, 0) is 9.84 Å².